The van der Waals surface area contributed by atoms with Crippen LogP contribution in [0, 0.1) is 6.92 Å². The largest absolute Gasteiger partial charge is 0.312 e. The summed E-state index contributed by atoms with van der Waals surface area (Å²) in [4.78, 5) is 2.87. The van der Waals surface area contributed by atoms with E-state index in [2.05, 4.69) is 31.3 Å². The molecule has 0 saturated carbocycles. The van der Waals surface area contributed by atoms with Gasteiger partial charge in [0, 0.05) is 15.5 Å². The molecule has 0 aliphatic carbocycles. The van der Waals surface area contributed by atoms with Crippen LogP contribution in [0.15, 0.2) is 12.1 Å². The van der Waals surface area contributed by atoms with E-state index in [1.54, 1.807) is 0 Å². The summed E-state index contributed by atoms with van der Waals surface area (Å²) in [5, 5.41) is 3.38. The van der Waals surface area contributed by atoms with Crippen molar-refractivity contribution in [3.63, 3.8) is 0 Å². The van der Waals surface area contributed by atoms with E-state index in [0.29, 0.717) is 6.04 Å². The van der Waals surface area contributed by atoms with Crippen molar-refractivity contribution in [1.82, 2.24) is 5.32 Å². The summed E-state index contributed by atoms with van der Waals surface area (Å²) in [5.74, 6) is 2.45. The lowest BCUT2D eigenvalue weighted by Crippen LogP contribution is -2.17. The van der Waals surface area contributed by atoms with Crippen LogP contribution in [0.1, 0.15) is 29.1 Å². The van der Waals surface area contributed by atoms with Gasteiger partial charge in [0.1, 0.15) is 0 Å². The Morgan fingerprint density at radius 1 is 1.50 bits per heavy atom. The van der Waals surface area contributed by atoms with Crippen LogP contribution in [0.2, 0.25) is 0 Å². The molecule has 80 valence electrons. The van der Waals surface area contributed by atoms with Crippen LogP contribution >= 0.6 is 23.1 Å². The standard InChI is InChI=1S/C11H19NS2/c1-4-7-13-8-10(12-3)11-6-5-9(2)14-11/h5-6,10,12H,4,7-8H2,1-3H3. The monoisotopic (exact) mass is 229 g/mol. The molecule has 0 spiro atoms. The molecule has 0 bridgehead atoms. The van der Waals surface area contributed by atoms with Crippen LogP contribution in [-0.4, -0.2) is 18.6 Å². The Kier molecular flexibility index (Phi) is 5.60. The van der Waals surface area contributed by atoms with E-state index in [4.69, 9.17) is 0 Å². The number of thioether (sulfide) groups is 1. The summed E-state index contributed by atoms with van der Waals surface area (Å²) >= 11 is 3.94. The van der Waals surface area contributed by atoms with Gasteiger partial charge in [-0.1, -0.05) is 6.92 Å². The topological polar surface area (TPSA) is 12.0 Å². The van der Waals surface area contributed by atoms with Crippen LogP contribution in [0.25, 0.3) is 0 Å². The second-order valence-electron chi connectivity index (χ2n) is 3.36. The Bertz CT molecular complexity index is 258. The minimum Gasteiger partial charge on any atom is -0.312 e. The zero-order valence-electron chi connectivity index (χ0n) is 9.17. The molecule has 1 unspecified atom stereocenters. The Morgan fingerprint density at radius 3 is 2.79 bits per heavy atom. The molecule has 1 aromatic rings. The lowest BCUT2D eigenvalue weighted by molar-refractivity contribution is 0.673. The molecular weight excluding hydrogens is 210 g/mol. The number of nitrogens with one attached hydrogen (secondary N) is 1. The van der Waals surface area contributed by atoms with Gasteiger partial charge in [-0.05, 0) is 38.3 Å². The minimum absolute atomic E-state index is 0.533. The third-order valence-electron chi connectivity index (χ3n) is 2.09. The highest BCUT2D eigenvalue weighted by Gasteiger charge is 2.10. The molecule has 1 rings (SSSR count). The number of aryl methyl sites for hydroxylation is 1. The molecule has 0 aliphatic rings. The highest BCUT2D eigenvalue weighted by Crippen LogP contribution is 2.25. The normalized spacial score (nSPS) is 13.1. The molecule has 1 atom stereocenters. The molecule has 1 N–H and O–H groups in total. The molecule has 0 radical (unpaired) electrons. The van der Waals surface area contributed by atoms with Gasteiger partial charge in [-0.3, -0.25) is 0 Å². The van der Waals surface area contributed by atoms with Crippen LogP contribution in [0.5, 0.6) is 0 Å². The van der Waals surface area contributed by atoms with Gasteiger partial charge in [-0.25, -0.2) is 0 Å². The van der Waals surface area contributed by atoms with Crippen molar-refractivity contribution in [2.24, 2.45) is 0 Å². The third kappa shape index (κ3) is 3.64. The van der Waals surface area contributed by atoms with Gasteiger partial charge in [0.2, 0.25) is 0 Å². The molecule has 0 aliphatic heterocycles. The van der Waals surface area contributed by atoms with Crippen molar-refractivity contribution in [2.45, 2.75) is 26.3 Å². The quantitative estimate of drug-likeness (QED) is 0.750. The van der Waals surface area contributed by atoms with Gasteiger partial charge in [0.25, 0.3) is 0 Å². The van der Waals surface area contributed by atoms with Crippen molar-refractivity contribution >= 4 is 23.1 Å². The van der Waals surface area contributed by atoms with Crippen LogP contribution < -0.4 is 5.32 Å². The fourth-order valence-corrected chi connectivity index (χ4v) is 3.42. The zero-order valence-corrected chi connectivity index (χ0v) is 10.8. The maximum absolute atomic E-state index is 3.38. The average Bonchev–Trinajstić information content (AvgIpc) is 2.60. The van der Waals surface area contributed by atoms with Crippen molar-refractivity contribution in [1.29, 1.82) is 0 Å². The Labute approximate surface area is 95.3 Å². The summed E-state index contributed by atoms with van der Waals surface area (Å²) in [6.45, 7) is 4.40. The summed E-state index contributed by atoms with van der Waals surface area (Å²) in [6.07, 6.45) is 1.27. The molecule has 1 aromatic heterocycles. The van der Waals surface area contributed by atoms with Gasteiger partial charge in [0.05, 0.1) is 6.04 Å². The Balaban J connectivity index is 2.45. The second kappa shape index (κ2) is 6.49. The predicted octanol–water partition coefficient (Wildman–Crippen LogP) is 3.46. The first-order chi connectivity index (χ1) is 6.77. The molecule has 1 nitrogen and oxygen atoms in total. The molecule has 14 heavy (non-hydrogen) atoms. The van der Waals surface area contributed by atoms with E-state index < -0.39 is 0 Å². The highest BCUT2D eigenvalue weighted by atomic mass is 32.2. The first-order valence-corrected chi connectivity index (χ1v) is 7.06. The number of thiophene rings is 1. The lowest BCUT2D eigenvalue weighted by Gasteiger charge is -2.13. The number of hydrogen-bond donors (Lipinski definition) is 1. The highest BCUT2D eigenvalue weighted by molar-refractivity contribution is 7.99. The molecule has 1 heterocycles. The number of hydrogen-bond acceptors (Lipinski definition) is 3. The van der Waals surface area contributed by atoms with Crippen LogP contribution in [-0.2, 0) is 0 Å². The van der Waals surface area contributed by atoms with E-state index >= 15 is 0 Å². The summed E-state index contributed by atoms with van der Waals surface area (Å²) < 4.78 is 0. The van der Waals surface area contributed by atoms with Gasteiger partial charge in [-0.2, -0.15) is 11.8 Å². The maximum atomic E-state index is 3.38. The fourth-order valence-electron chi connectivity index (χ4n) is 1.29. The van der Waals surface area contributed by atoms with E-state index in [1.165, 1.54) is 27.7 Å². The zero-order chi connectivity index (χ0) is 10.4. The Hall–Kier alpha value is 0.01000. The molecule has 0 fully saturated rings. The van der Waals surface area contributed by atoms with Gasteiger partial charge in [0.15, 0.2) is 0 Å². The second-order valence-corrected chi connectivity index (χ2v) is 5.83. The van der Waals surface area contributed by atoms with E-state index in [9.17, 15) is 0 Å². The van der Waals surface area contributed by atoms with E-state index in [1.807, 2.05) is 30.1 Å². The summed E-state index contributed by atoms with van der Waals surface area (Å²) in [7, 11) is 2.05. The van der Waals surface area contributed by atoms with Gasteiger partial charge in [-0.15, -0.1) is 11.3 Å². The first kappa shape index (κ1) is 12.1. The van der Waals surface area contributed by atoms with E-state index in [-0.39, 0.29) is 0 Å². The first-order valence-electron chi connectivity index (χ1n) is 5.09. The van der Waals surface area contributed by atoms with Crippen molar-refractivity contribution in [3.05, 3.63) is 21.9 Å². The summed E-state index contributed by atoms with van der Waals surface area (Å²) in [6, 6.07) is 4.98. The molecule has 3 heteroatoms. The molecule has 0 aromatic carbocycles. The predicted molar refractivity (Wildman–Crippen MR) is 68.5 cm³/mol. The lowest BCUT2D eigenvalue weighted by atomic mass is 10.3. The molecule has 0 amide bonds. The van der Waals surface area contributed by atoms with Crippen molar-refractivity contribution in [2.75, 3.05) is 18.6 Å². The van der Waals surface area contributed by atoms with Crippen molar-refractivity contribution in [3.8, 4) is 0 Å². The van der Waals surface area contributed by atoms with E-state index in [0.717, 1.165) is 0 Å². The van der Waals surface area contributed by atoms with Crippen LogP contribution in [0.3, 0.4) is 0 Å². The van der Waals surface area contributed by atoms with Gasteiger partial charge >= 0.3 is 0 Å². The smallest absolute Gasteiger partial charge is 0.0504 e. The summed E-state index contributed by atoms with van der Waals surface area (Å²) in [5.41, 5.74) is 0. The van der Waals surface area contributed by atoms with Crippen molar-refractivity contribution < 1.29 is 0 Å². The Morgan fingerprint density at radius 2 is 2.29 bits per heavy atom. The molecular formula is C11H19NS2. The van der Waals surface area contributed by atoms with Crippen LogP contribution in [0.4, 0.5) is 0 Å². The average molecular weight is 229 g/mol. The minimum atomic E-state index is 0.533. The molecule has 0 saturated heterocycles. The van der Waals surface area contributed by atoms with Gasteiger partial charge < -0.3 is 5.32 Å². The SMILES string of the molecule is CCCSCC(NC)c1ccc(C)s1. The fraction of sp³-hybridized carbons (Fsp3) is 0.636. The number of rotatable bonds is 6. The maximum Gasteiger partial charge on any atom is 0.0504 e. The third-order valence-corrected chi connectivity index (χ3v) is 4.47.